The first-order valence-corrected chi connectivity index (χ1v) is 12.1. The normalized spacial score (nSPS) is 15.4. The molecule has 0 radical (unpaired) electrons. The lowest BCUT2D eigenvalue weighted by Crippen LogP contribution is -2.47. The summed E-state index contributed by atoms with van der Waals surface area (Å²) in [5.41, 5.74) is 2.93. The highest BCUT2D eigenvalue weighted by Crippen LogP contribution is 2.29. The maximum atomic E-state index is 14.0. The van der Waals surface area contributed by atoms with E-state index in [9.17, 15) is 9.18 Å². The number of ether oxygens (including phenoxy) is 2. The molecule has 4 aromatic rings. The summed E-state index contributed by atoms with van der Waals surface area (Å²) < 4.78 is 26.0. The van der Waals surface area contributed by atoms with Crippen molar-refractivity contribution in [2.24, 2.45) is 0 Å². The van der Waals surface area contributed by atoms with Gasteiger partial charge in [0.05, 0.1) is 11.6 Å². The van der Waals surface area contributed by atoms with Crippen LogP contribution in [0.15, 0.2) is 79.0 Å². The number of carbonyl (C=O) groups is 1. The van der Waals surface area contributed by atoms with Gasteiger partial charge in [0.1, 0.15) is 29.5 Å². The number of fused-ring (bicyclic) bond motifs is 2. The number of hydrogen-bond acceptors (Lipinski definition) is 4. The van der Waals surface area contributed by atoms with Crippen LogP contribution in [0.3, 0.4) is 0 Å². The molecule has 5 rings (SSSR count). The van der Waals surface area contributed by atoms with E-state index in [0.717, 1.165) is 27.8 Å². The number of benzene rings is 3. The predicted molar refractivity (Wildman–Crippen MR) is 138 cm³/mol. The molecule has 3 aromatic carbocycles. The minimum Gasteiger partial charge on any atom is -0.491 e. The minimum absolute atomic E-state index is 0.0916. The lowest BCUT2D eigenvalue weighted by Gasteiger charge is -2.37. The van der Waals surface area contributed by atoms with Crippen LogP contribution in [0.5, 0.6) is 11.5 Å². The largest absolute Gasteiger partial charge is 0.491 e. The van der Waals surface area contributed by atoms with Crippen LogP contribution < -0.4 is 9.47 Å². The third-order valence-electron chi connectivity index (χ3n) is 6.23. The quantitative estimate of drug-likeness (QED) is 0.339. The molecule has 1 aliphatic rings. The Balaban J connectivity index is 1.41. The third-order valence-corrected chi connectivity index (χ3v) is 6.23. The van der Waals surface area contributed by atoms with E-state index >= 15 is 0 Å². The van der Waals surface area contributed by atoms with Gasteiger partial charge in [-0.05, 0) is 92.9 Å². The fraction of sp³-hybridized carbons (Fsp3) is 0.267. The van der Waals surface area contributed by atoms with E-state index in [1.807, 2.05) is 80.3 Å². The summed E-state index contributed by atoms with van der Waals surface area (Å²) in [6.45, 7) is 6.66. The Kier molecular flexibility index (Phi) is 6.35. The average Bonchev–Trinajstić information content (AvgIpc) is 2.86. The molecule has 184 valence electrons. The van der Waals surface area contributed by atoms with Gasteiger partial charge in [-0.3, -0.25) is 9.78 Å². The standard InChI is InChI=1S/C30H29FN2O3/c1-30(2,3)36-25-13-11-24(12-14-25)35-19-23-17-21-16-22(31)10-9-20(21)18-33(23)29(34)27-6-4-8-28-26(27)7-5-15-32-28/h4-16,23H,17-19H2,1-3H3/t23-/m0/s1. The highest BCUT2D eigenvalue weighted by Gasteiger charge is 2.32. The number of amides is 1. The Morgan fingerprint density at radius 2 is 1.78 bits per heavy atom. The minimum atomic E-state index is -0.287. The van der Waals surface area contributed by atoms with Crippen molar-refractivity contribution in [3.63, 3.8) is 0 Å². The predicted octanol–water partition coefficient (Wildman–Crippen LogP) is 6.20. The maximum absolute atomic E-state index is 14.0. The van der Waals surface area contributed by atoms with Crippen molar-refractivity contribution in [3.8, 4) is 11.5 Å². The molecule has 0 bridgehead atoms. The second-order valence-corrected chi connectivity index (χ2v) is 10.1. The molecule has 6 heteroatoms. The second kappa shape index (κ2) is 9.61. The van der Waals surface area contributed by atoms with E-state index in [2.05, 4.69) is 4.98 Å². The molecule has 0 aliphatic carbocycles. The van der Waals surface area contributed by atoms with Crippen molar-refractivity contribution in [2.45, 2.75) is 45.4 Å². The molecule has 2 heterocycles. The smallest absolute Gasteiger partial charge is 0.255 e. The lowest BCUT2D eigenvalue weighted by atomic mass is 9.93. The van der Waals surface area contributed by atoms with Gasteiger partial charge in [-0.2, -0.15) is 0 Å². The van der Waals surface area contributed by atoms with E-state index in [1.54, 1.807) is 18.3 Å². The van der Waals surface area contributed by atoms with Crippen LogP contribution in [0, 0.1) is 5.82 Å². The van der Waals surface area contributed by atoms with Gasteiger partial charge in [0.15, 0.2) is 0 Å². The summed E-state index contributed by atoms with van der Waals surface area (Å²) >= 11 is 0. The van der Waals surface area contributed by atoms with Crippen LogP contribution in [-0.4, -0.2) is 34.0 Å². The van der Waals surface area contributed by atoms with E-state index in [4.69, 9.17) is 9.47 Å². The summed E-state index contributed by atoms with van der Waals surface area (Å²) in [5, 5.41) is 0.809. The van der Waals surface area contributed by atoms with Crippen LogP contribution in [0.4, 0.5) is 4.39 Å². The highest BCUT2D eigenvalue weighted by atomic mass is 19.1. The average molecular weight is 485 g/mol. The molecule has 1 aliphatic heterocycles. The zero-order chi connectivity index (χ0) is 25.3. The number of nitrogens with zero attached hydrogens (tertiary/aromatic N) is 2. The van der Waals surface area contributed by atoms with E-state index in [1.165, 1.54) is 6.07 Å². The van der Waals surface area contributed by atoms with Crippen molar-refractivity contribution in [2.75, 3.05) is 6.61 Å². The van der Waals surface area contributed by atoms with Crippen molar-refractivity contribution < 1.29 is 18.7 Å². The summed E-state index contributed by atoms with van der Waals surface area (Å²) in [4.78, 5) is 20.1. The Morgan fingerprint density at radius 1 is 1.00 bits per heavy atom. The number of halogens is 1. The Morgan fingerprint density at radius 3 is 2.56 bits per heavy atom. The summed E-state index contributed by atoms with van der Waals surface area (Å²) in [6.07, 6.45) is 2.23. The van der Waals surface area contributed by atoms with Gasteiger partial charge >= 0.3 is 0 Å². The second-order valence-electron chi connectivity index (χ2n) is 10.1. The van der Waals surface area contributed by atoms with Crippen molar-refractivity contribution in [3.05, 3.63) is 102 Å². The number of aromatic nitrogens is 1. The summed E-state index contributed by atoms with van der Waals surface area (Å²) in [7, 11) is 0. The van der Waals surface area contributed by atoms with Crippen LogP contribution in [0.2, 0.25) is 0 Å². The van der Waals surface area contributed by atoms with Crippen molar-refractivity contribution in [1.29, 1.82) is 0 Å². The number of pyridine rings is 1. The molecular weight excluding hydrogens is 455 g/mol. The molecule has 1 amide bonds. The number of hydrogen-bond donors (Lipinski definition) is 0. The first-order chi connectivity index (χ1) is 17.3. The topological polar surface area (TPSA) is 51.7 Å². The van der Waals surface area contributed by atoms with Crippen LogP contribution in [0.1, 0.15) is 42.3 Å². The summed E-state index contributed by atoms with van der Waals surface area (Å²) in [5.74, 6) is 1.08. The Hall–Kier alpha value is -3.93. The molecule has 0 unspecified atom stereocenters. The lowest BCUT2D eigenvalue weighted by molar-refractivity contribution is 0.0568. The van der Waals surface area contributed by atoms with E-state index < -0.39 is 0 Å². The molecule has 36 heavy (non-hydrogen) atoms. The number of rotatable bonds is 5. The molecule has 0 saturated heterocycles. The molecule has 0 spiro atoms. The molecule has 0 fully saturated rings. The van der Waals surface area contributed by atoms with Crippen LogP contribution in [0.25, 0.3) is 10.9 Å². The molecule has 5 nitrogen and oxygen atoms in total. The summed E-state index contributed by atoms with van der Waals surface area (Å²) in [6, 6.07) is 21.3. The van der Waals surface area contributed by atoms with Gasteiger partial charge in [-0.1, -0.05) is 18.2 Å². The van der Waals surface area contributed by atoms with Crippen LogP contribution >= 0.6 is 0 Å². The molecule has 0 N–H and O–H groups in total. The SMILES string of the molecule is CC(C)(C)Oc1ccc(OC[C@@H]2Cc3cc(F)ccc3CN2C(=O)c2cccc3ncccc23)cc1. The third kappa shape index (κ3) is 5.18. The zero-order valence-electron chi connectivity index (χ0n) is 20.7. The van der Waals surface area contributed by atoms with Gasteiger partial charge in [0.2, 0.25) is 0 Å². The first-order valence-electron chi connectivity index (χ1n) is 12.1. The van der Waals surface area contributed by atoms with Crippen molar-refractivity contribution in [1.82, 2.24) is 9.88 Å². The van der Waals surface area contributed by atoms with Gasteiger partial charge in [-0.25, -0.2) is 4.39 Å². The fourth-order valence-electron chi connectivity index (χ4n) is 4.60. The number of carbonyl (C=O) groups excluding carboxylic acids is 1. The molecular formula is C30H29FN2O3. The molecule has 0 saturated carbocycles. The Bertz CT molecular complexity index is 1390. The van der Waals surface area contributed by atoms with Crippen LogP contribution in [-0.2, 0) is 13.0 Å². The van der Waals surface area contributed by atoms with E-state index in [0.29, 0.717) is 24.3 Å². The molecule has 1 aromatic heterocycles. The van der Waals surface area contributed by atoms with Crippen molar-refractivity contribution >= 4 is 16.8 Å². The highest BCUT2D eigenvalue weighted by molar-refractivity contribution is 6.06. The first kappa shape index (κ1) is 23.8. The molecule has 1 atom stereocenters. The van der Waals surface area contributed by atoms with Gasteiger partial charge < -0.3 is 14.4 Å². The maximum Gasteiger partial charge on any atom is 0.255 e. The van der Waals surface area contributed by atoms with Gasteiger partial charge in [-0.15, -0.1) is 0 Å². The monoisotopic (exact) mass is 484 g/mol. The Labute approximate surface area is 210 Å². The van der Waals surface area contributed by atoms with E-state index in [-0.39, 0.29) is 30.0 Å². The fourth-order valence-corrected chi connectivity index (χ4v) is 4.60. The van der Waals surface area contributed by atoms with Gasteiger partial charge in [0, 0.05) is 23.7 Å². The van der Waals surface area contributed by atoms with Gasteiger partial charge in [0.25, 0.3) is 5.91 Å². The zero-order valence-corrected chi connectivity index (χ0v) is 20.7.